The number of aromatic nitrogens is 2. The molecule has 9 heteroatoms. The van der Waals surface area contributed by atoms with Crippen molar-refractivity contribution in [3.05, 3.63) is 43.0 Å². The Hall–Kier alpha value is -2.55. The monoisotopic (exact) mass is 419 g/mol. The third kappa shape index (κ3) is 5.50. The Morgan fingerprint density at radius 1 is 1.34 bits per heavy atom. The van der Waals surface area contributed by atoms with Crippen molar-refractivity contribution in [2.24, 2.45) is 10.9 Å². The number of guanidine groups is 1. The topological polar surface area (TPSA) is 88.8 Å². The van der Waals surface area contributed by atoms with Gasteiger partial charge in [-0.2, -0.15) is 0 Å². The van der Waals surface area contributed by atoms with Crippen LogP contribution < -0.4 is 10.1 Å². The summed E-state index contributed by atoms with van der Waals surface area (Å²) in [5.74, 6) is 2.08. The molecule has 1 aromatic carbocycles. The van der Waals surface area contributed by atoms with Crippen LogP contribution >= 0.6 is 0 Å². The van der Waals surface area contributed by atoms with Crippen molar-refractivity contribution in [3.63, 3.8) is 0 Å². The summed E-state index contributed by atoms with van der Waals surface area (Å²) in [5.41, 5.74) is 0. The lowest BCUT2D eigenvalue weighted by Gasteiger charge is -2.39. The van der Waals surface area contributed by atoms with Crippen LogP contribution in [-0.4, -0.2) is 68.4 Å². The van der Waals surface area contributed by atoms with Gasteiger partial charge in [-0.15, -0.1) is 0 Å². The summed E-state index contributed by atoms with van der Waals surface area (Å²) in [5, 5.41) is 3.36. The maximum Gasteiger partial charge on any atom is 0.193 e. The van der Waals surface area contributed by atoms with E-state index in [1.165, 1.54) is 6.26 Å². The Labute approximate surface area is 172 Å². The molecule has 2 atom stereocenters. The first kappa shape index (κ1) is 21.2. The Balaban J connectivity index is 1.49. The third-order valence-corrected chi connectivity index (χ3v) is 6.37. The first-order valence-corrected chi connectivity index (χ1v) is 11.6. The van der Waals surface area contributed by atoms with E-state index in [-0.39, 0.29) is 4.90 Å². The zero-order valence-electron chi connectivity index (χ0n) is 17.2. The normalized spacial score (nSPS) is 20.5. The Bertz CT molecular complexity index is 910. The van der Waals surface area contributed by atoms with E-state index in [0.29, 0.717) is 30.9 Å². The molecule has 1 saturated heterocycles. The van der Waals surface area contributed by atoms with Gasteiger partial charge in [0, 0.05) is 38.8 Å². The van der Waals surface area contributed by atoms with E-state index in [4.69, 9.17) is 4.74 Å². The molecule has 0 aliphatic carbocycles. The predicted octanol–water partition coefficient (Wildman–Crippen LogP) is 1.82. The number of imidazole rings is 1. The molecule has 8 nitrogen and oxygen atoms in total. The zero-order chi connectivity index (χ0) is 20.9. The summed E-state index contributed by atoms with van der Waals surface area (Å²) in [4.78, 5) is 11.2. The van der Waals surface area contributed by atoms with E-state index in [1.807, 2.05) is 18.7 Å². The summed E-state index contributed by atoms with van der Waals surface area (Å²) >= 11 is 0. The average molecular weight is 420 g/mol. The highest BCUT2D eigenvalue weighted by Gasteiger charge is 2.28. The van der Waals surface area contributed by atoms with E-state index in [0.717, 1.165) is 25.5 Å². The SMILES string of the molecule is CN=C(NCCOc1ccc(S(C)(=O)=O)cc1)N1CCC(C)C(n2ccnc2)C1. The van der Waals surface area contributed by atoms with E-state index in [1.54, 1.807) is 31.3 Å². The number of nitrogens with one attached hydrogen (secondary N) is 1. The zero-order valence-corrected chi connectivity index (χ0v) is 18.0. The molecule has 0 amide bonds. The smallest absolute Gasteiger partial charge is 0.193 e. The first-order chi connectivity index (χ1) is 13.9. The van der Waals surface area contributed by atoms with Gasteiger partial charge >= 0.3 is 0 Å². The molecule has 0 bridgehead atoms. The molecule has 0 saturated carbocycles. The van der Waals surface area contributed by atoms with Gasteiger partial charge in [-0.05, 0) is 36.6 Å². The van der Waals surface area contributed by atoms with Gasteiger partial charge < -0.3 is 19.5 Å². The van der Waals surface area contributed by atoms with Gasteiger partial charge in [-0.1, -0.05) is 6.92 Å². The largest absolute Gasteiger partial charge is 0.492 e. The quantitative estimate of drug-likeness (QED) is 0.437. The minimum atomic E-state index is -3.19. The number of benzene rings is 1. The Kier molecular flexibility index (Phi) is 6.79. The molecule has 0 radical (unpaired) electrons. The summed E-state index contributed by atoms with van der Waals surface area (Å²) < 4.78 is 30.9. The summed E-state index contributed by atoms with van der Waals surface area (Å²) in [6.07, 6.45) is 8.00. The van der Waals surface area contributed by atoms with Crippen molar-refractivity contribution in [2.45, 2.75) is 24.3 Å². The highest BCUT2D eigenvalue weighted by atomic mass is 32.2. The number of likely N-dealkylation sites (tertiary alicyclic amines) is 1. The molecule has 1 aliphatic heterocycles. The van der Waals surface area contributed by atoms with Crippen LogP contribution in [0.4, 0.5) is 0 Å². The average Bonchev–Trinajstić information content (AvgIpc) is 3.23. The highest BCUT2D eigenvalue weighted by Crippen LogP contribution is 2.27. The van der Waals surface area contributed by atoms with E-state index >= 15 is 0 Å². The molecular formula is C20H29N5O3S. The number of rotatable bonds is 6. The van der Waals surface area contributed by atoms with Crippen LogP contribution in [-0.2, 0) is 9.84 Å². The number of nitrogens with zero attached hydrogens (tertiary/aromatic N) is 4. The fourth-order valence-electron chi connectivity index (χ4n) is 3.54. The van der Waals surface area contributed by atoms with E-state index < -0.39 is 9.84 Å². The summed E-state index contributed by atoms with van der Waals surface area (Å²) in [6, 6.07) is 6.83. The molecule has 2 unspecified atom stereocenters. The van der Waals surface area contributed by atoms with Crippen molar-refractivity contribution in [1.82, 2.24) is 19.8 Å². The molecule has 3 rings (SSSR count). The molecule has 29 heavy (non-hydrogen) atoms. The lowest BCUT2D eigenvalue weighted by molar-refractivity contribution is 0.188. The number of aliphatic imine (C=N–C) groups is 1. The second-order valence-corrected chi connectivity index (χ2v) is 9.37. The lowest BCUT2D eigenvalue weighted by Crippen LogP contribution is -2.49. The van der Waals surface area contributed by atoms with E-state index in [9.17, 15) is 8.42 Å². The Morgan fingerprint density at radius 2 is 2.10 bits per heavy atom. The molecule has 1 fully saturated rings. The van der Waals surface area contributed by atoms with Gasteiger partial charge in [-0.25, -0.2) is 13.4 Å². The fraction of sp³-hybridized carbons (Fsp3) is 0.500. The maximum atomic E-state index is 11.5. The van der Waals surface area contributed by atoms with Crippen molar-refractivity contribution in [2.75, 3.05) is 39.5 Å². The summed E-state index contributed by atoms with van der Waals surface area (Å²) in [7, 11) is -1.40. The fourth-order valence-corrected chi connectivity index (χ4v) is 4.17. The number of hydrogen-bond acceptors (Lipinski definition) is 5. The minimum absolute atomic E-state index is 0.287. The van der Waals surface area contributed by atoms with Crippen LogP contribution in [0.5, 0.6) is 5.75 Å². The van der Waals surface area contributed by atoms with Gasteiger partial charge in [0.1, 0.15) is 12.4 Å². The van der Waals surface area contributed by atoms with Crippen LogP contribution in [0.2, 0.25) is 0 Å². The van der Waals surface area contributed by atoms with Crippen molar-refractivity contribution in [3.8, 4) is 5.75 Å². The number of piperidine rings is 1. The standard InChI is InChI=1S/C20H29N5O3S/c1-16-8-11-24(14-19(16)25-12-9-22-15-25)20(21-2)23-10-13-28-17-4-6-18(7-5-17)29(3,26)27/h4-7,9,12,15-16,19H,8,10-11,13-14H2,1-3H3,(H,21,23). The van der Waals surface area contributed by atoms with Gasteiger partial charge in [0.15, 0.2) is 15.8 Å². The highest BCUT2D eigenvalue weighted by molar-refractivity contribution is 7.90. The van der Waals surface area contributed by atoms with Crippen LogP contribution in [0.3, 0.4) is 0 Å². The molecule has 1 aromatic heterocycles. The molecule has 158 valence electrons. The number of hydrogen-bond donors (Lipinski definition) is 1. The van der Waals surface area contributed by atoms with Gasteiger partial charge in [0.2, 0.25) is 0 Å². The van der Waals surface area contributed by atoms with Gasteiger partial charge in [0.25, 0.3) is 0 Å². The first-order valence-electron chi connectivity index (χ1n) is 9.74. The van der Waals surface area contributed by atoms with Gasteiger partial charge in [-0.3, -0.25) is 4.99 Å². The lowest BCUT2D eigenvalue weighted by atomic mass is 9.93. The van der Waals surface area contributed by atoms with Crippen molar-refractivity contribution in [1.29, 1.82) is 0 Å². The third-order valence-electron chi connectivity index (χ3n) is 5.24. The van der Waals surface area contributed by atoms with Crippen molar-refractivity contribution >= 4 is 15.8 Å². The van der Waals surface area contributed by atoms with Crippen molar-refractivity contribution < 1.29 is 13.2 Å². The van der Waals surface area contributed by atoms with Crippen LogP contribution in [0.15, 0.2) is 52.9 Å². The molecular weight excluding hydrogens is 390 g/mol. The second kappa shape index (κ2) is 9.30. The van der Waals surface area contributed by atoms with Crippen LogP contribution in [0.25, 0.3) is 0 Å². The number of sulfone groups is 1. The van der Waals surface area contributed by atoms with Gasteiger partial charge in [0.05, 0.1) is 23.8 Å². The Morgan fingerprint density at radius 3 is 2.72 bits per heavy atom. The summed E-state index contributed by atoms with van der Waals surface area (Å²) in [6.45, 7) is 5.17. The molecule has 2 heterocycles. The predicted molar refractivity (Wildman–Crippen MR) is 113 cm³/mol. The van der Waals surface area contributed by atoms with E-state index in [2.05, 4.69) is 31.7 Å². The minimum Gasteiger partial charge on any atom is -0.492 e. The molecule has 1 aliphatic rings. The molecule has 2 aromatic rings. The number of ether oxygens (including phenoxy) is 1. The maximum absolute atomic E-state index is 11.5. The molecule has 0 spiro atoms. The van der Waals surface area contributed by atoms with Crippen LogP contribution in [0, 0.1) is 5.92 Å². The van der Waals surface area contributed by atoms with Crippen LogP contribution in [0.1, 0.15) is 19.4 Å². The second-order valence-electron chi connectivity index (χ2n) is 7.36. The molecule has 1 N–H and O–H groups in total.